The van der Waals surface area contributed by atoms with E-state index in [1.165, 1.54) is 0 Å². The number of ether oxygens (including phenoxy) is 1. The van der Waals surface area contributed by atoms with Gasteiger partial charge in [0.15, 0.2) is 0 Å². The Balaban J connectivity index is 2.01. The summed E-state index contributed by atoms with van der Waals surface area (Å²) in [7, 11) is 3.81. The summed E-state index contributed by atoms with van der Waals surface area (Å²) in [4.78, 5) is 2.24. The first kappa shape index (κ1) is 12.2. The normalized spacial score (nSPS) is 11.1. The molecule has 0 fully saturated rings. The molecule has 0 saturated heterocycles. The first-order valence-corrected chi connectivity index (χ1v) is 5.19. The summed E-state index contributed by atoms with van der Waals surface area (Å²) in [5.74, 6) is 0. The van der Waals surface area contributed by atoms with E-state index in [0.717, 1.165) is 38.5 Å². The van der Waals surface area contributed by atoms with Gasteiger partial charge in [-0.25, -0.2) is 0 Å². The third kappa shape index (κ3) is 5.51. The number of aromatic amines is 1. The van der Waals surface area contributed by atoms with Crippen molar-refractivity contribution in [2.75, 3.05) is 40.4 Å². The maximum absolute atomic E-state index is 4.94. The highest BCUT2D eigenvalue weighted by Crippen LogP contribution is 1.96. The lowest BCUT2D eigenvalue weighted by molar-refractivity contribution is 0.197. The molecule has 0 aliphatic heterocycles. The zero-order valence-electron chi connectivity index (χ0n) is 9.49. The minimum Gasteiger partial charge on any atom is -0.383 e. The summed E-state index contributed by atoms with van der Waals surface area (Å²) >= 11 is 0. The van der Waals surface area contributed by atoms with Crippen LogP contribution in [0.15, 0.2) is 12.3 Å². The molecule has 0 radical (unpaired) electrons. The number of methoxy groups -OCH3 is 1. The summed E-state index contributed by atoms with van der Waals surface area (Å²) in [6, 6.07) is 1.99. The number of aromatic nitrogens is 2. The molecule has 5 nitrogen and oxygen atoms in total. The molecule has 0 aliphatic rings. The van der Waals surface area contributed by atoms with E-state index in [9.17, 15) is 0 Å². The van der Waals surface area contributed by atoms with Crippen molar-refractivity contribution in [3.8, 4) is 0 Å². The van der Waals surface area contributed by atoms with Crippen molar-refractivity contribution in [1.82, 2.24) is 20.4 Å². The minimum atomic E-state index is 0.768. The van der Waals surface area contributed by atoms with Crippen LogP contribution in [-0.4, -0.2) is 55.5 Å². The molecular weight excluding hydrogens is 192 g/mol. The van der Waals surface area contributed by atoms with Crippen LogP contribution in [0.4, 0.5) is 0 Å². The van der Waals surface area contributed by atoms with Crippen molar-refractivity contribution in [1.29, 1.82) is 0 Å². The molecule has 0 saturated carbocycles. The van der Waals surface area contributed by atoms with E-state index >= 15 is 0 Å². The second-order valence-electron chi connectivity index (χ2n) is 3.56. The van der Waals surface area contributed by atoms with Crippen molar-refractivity contribution in [2.24, 2.45) is 0 Å². The van der Waals surface area contributed by atoms with Gasteiger partial charge in [-0.1, -0.05) is 0 Å². The Kier molecular flexibility index (Phi) is 5.99. The Morgan fingerprint density at radius 1 is 1.53 bits per heavy atom. The van der Waals surface area contributed by atoms with E-state index in [4.69, 9.17) is 4.74 Å². The molecule has 1 aromatic rings. The van der Waals surface area contributed by atoms with Gasteiger partial charge in [0.2, 0.25) is 0 Å². The van der Waals surface area contributed by atoms with Gasteiger partial charge in [0.25, 0.3) is 0 Å². The van der Waals surface area contributed by atoms with E-state index < -0.39 is 0 Å². The van der Waals surface area contributed by atoms with E-state index in [0.29, 0.717) is 0 Å². The molecule has 0 amide bonds. The Hall–Kier alpha value is -0.910. The predicted molar refractivity (Wildman–Crippen MR) is 59.7 cm³/mol. The zero-order chi connectivity index (χ0) is 10.9. The molecule has 15 heavy (non-hydrogen) atoms. The van der Waals surface area contributed by atoms with Crippen LogP contribution in [0.2, 0.25) is 0 Å². The Morgan fingerprint density at radius 2 is 2.40 bits per heavy atom. The van der Waals surface area contributed by atoms with E-state index in [1.54, 1.807) is 13.3 Å². The molecule has 5 heteroatoms. The molecule has 0 spiro atoms. The topological polar surface area (TPSA) is 53.2 Å². The van der Waals surface area contributed by atoms with Gasteiger partial charge in [-0.3, -0.25) is 10.00 Å². The first-order chi connectivity index (χ1) is 7.33. The second-order valence-corrected chi connectivity index (χ2v) is 3.56. The van der Waals surface area contributed by atoms with Crippen molar-refractivity contribution >= 4 is 0 Å². The molecule has 1 rings (SSSR count). The van der Waals surface area contributed by atoms with Crippen molar-refractivity contribution in [3.63, 3.8) is 0 Å². The van der Waals surface area contributed by atoms with Crippen LogP contribution in [0, 0.1) is 0 Å². The highest BCUT2D eigenvalue weighted by molar-refractivity contribution is 4.96. The monoisotopic (exact) mass is 212 g/mol. The highest BCUT2D eigenvalue weighted by atomic mass is 16.5. The van der Waals surface area contributed by atoms with Crippen LogP contribution < -0.4 is 5.32 Å². The van der Waals surface area contributed by atoms with Crippen LogP contribution >= 0.6 is 0 Å². The number of H-pyrrole nitrogens is 1. The van der Waals surface area contributed by atoms with E-state index in [1.807, 2.05) is 6.07 Å². The lowest BCUT2D eigenvalue weighted by Crippen LogP contribution is -2.30. The number of nitrogens with zero attached hydrogens (tertiary/aromatic N) is 2. The summed E-state index contributed by atoms with van der Waals surface area (Å²) in [6.07, 6.45) is 1.78. The summed E-state index contributed by atoms with van der Waals surface area (Å²) in [5.41, 5.74) is 1.15. The zero-order valence-corrected chi connectivity index (χ0v) is 9.49. The largest absolute Gasteiger partial charge is 0.383 e. The summed E-state index contributed by atoms with van der Waals surface area (Å²) in [6.45, 7) is 4.58. The van der Waals surface area contributed by atoms with Gasteiger partial charge in [-0.2, -0.15) is 5.10 Å². The van der Waals surface area contributed by atoms with Crippen LogP contribution in [0.25, 0.3) is 0 Å². The van der Waals surface area contributed by atoms with E-state index in [-0.39, 0.29) is 0 Å². The Morgan fingerprint density at radius 3 is 3.07 bits per heavy atom. The van der Waals surface area contributed by atoms with Crippen molar-refractivity contribution in [2.45, 2.75) is 6.54 Å². The lowest BCUT2D eigenvalue weighted by Gasteiger charge is -2.15. The fourth-order valence-corrected chi connectivity index (χ4v) is 1.31. The van der Waals surface area contributed by atoms with Gasteiger partial charge in [0.05, 0.1) is 6.61 Å². The van der Waals surface area contributed by atoms with Gasteiger partial charge in [-0.15, -0.1) is 0 Å². The maximum atomic E-state index is 4.94. The standard InChI is InChI=1S/C10H20N4O/c1-14(7-5-11-6-8-15-2)9-10-3-4-12-13-10/h3-4,11H,5-9H2,1-2H3,(H,12,13). The molecule has 0 aliphatic carbocycles. The number of hydrogen-bond acceptors (Lipinski definition) is 4. The molecule has 1 heterocycles. The average Bonchev–Trinajstić information content (AvgIpc) is 2.70. The molecule has 1 aromatic heterocycles. The molecule has 2 N–H and O–H groups in total. The third-order valence-electron chi connectivity index (χ3n) is 2.15. The van der Waals surface area contributed by atoms with Gasteiger partial charge in [-0.05, 0) is 13.1 Å². The van der Waals surface area contributed by atoms with Crippen LogP contribution in [-0.2, 0) is 11.3 Å². The van der Waals surface area contributed by atoms with Crippen LogP contribution in [0.1, 0.15) is 5.69 Å². The molecular formula is C10H20N4O. The smallest absolute Gasteiger partial charge is 0.0587 e. The van der Waals surface area contributed by atoms with Crippen LogP contribution in [0.3, 0.4) is 0 Å². The molecule has 0 aromatic carbocycles. The second kappa shape index (κ2) is 7.39. The summed E-state index contributed by atoms with van der Waals surface area (Å²) in [5, 5.41) is 10.2. The maximum Gasteiger partial charge on any atom is 0.0587 e. The van der Waals surface area contributed by atoms with Gasteiger partial charge < -0.3 is 10.1 Å². The minimum absolute atomic E-state index is 0.768. The van der Waals surface area contributed by atoms with Crippen molar-refractivity contribution in [3.05, 3.63) is 18.0 Å². The van der Waals surface area contributed by atoms with Crippen molar-refractivity contribution < 1.29 is 4.74 Å². The average molecular weight is 212 g/mol. The van der Waals surface area contributed by atoms with E-state index in [2.05, 4.69) is 27.5 Å². The third-order valence-corrected chi connectivity index (χ3v) is 2.15. The number of nitrogens with one attached hydrogen (secondary N) is 2. The number of hydrogen-bond donors (Lipinski definition) is 2. The fourth-order valence-electron chi connectivity index (χ4n) is 1.31. The Labute approximate surface area is 90.8 Å². The summed E-state index contributed by atoms with van der Waals surface area (Å²) < 4.78 is 4.94. The first-order valence-electron chi connectivity index (χ1n) is 5.19. The predicted octanol–water partition coefficient (Wildman–Crippen LogP) is 0.0775. The molecule has 0 bridgehead atoms. The molecule has 86 valence electrons. The van der Waals surface area contributed by atoms with Crippen LogP contribution in [0.5, 0.6) is 0 Å². The molecule has 0 unspecified atom stereocenters. The number of rotatable bonds is 8. The van der Waals surface area contributed by atoms with Gasteiger partial charge >= 0.3 is 0 Å². The number of likely N-dealkylation sites (N-methyl/N-ethyl adjacent to an activating group) is 1. The highest BCUT2D eigenvalue weighted by Gasteiger charge is 2.00. The van der Waals surface area contributed by atoms with Gasteiger partial charge in [0.1, 0.15) is 0 Å². The van der Waals surface area contributed by atoms with Gasteiger partial charge in [0, 0.05) is 45.2 Å². The fraction of sp³-hybridized carbons (Fsp3) is 0.700. The lowest BCUT2D eigenvalue weighted by atomic mass is 10.4. The SMILES string of the molecule is COCCNCCN(C)Cc1ccn[nH]1. The molecule has 0 atom stereocenters. The Bertz CT molecular complexity index is 238. The quantitative estimate of drug-likeness (QED) is 0.599.